The summed E-state index contributed by atoms with van der Waals surface area (Å²) in [5, 5.41) is 11.9. The van der Waals surface area contributed by atoms with E-state index < -0.39 is 0 Å². The number of amides is 1. The zero-order chi connectivity index (χ0) is 8.27. The molecule has 11 heavy (non-hydrogen) atoms. The maximum atomic E-state index is 11.1. The van der Waals surface area contributed by atoms with Gasteiger partial charge >= 0.3 is 0 Å². The van der Waals surface area contributed by atoms with Crippen molar-refractivity contribution in [2.75, 3.05) is 26.7 Å². The van der Waals surface area contributed by atoms with Crippen molar-refractivity contribution in [2.24, 2.45) is 0 Å². The number of hydrogen-bond acceptors (Lipinski definition) is 3. The summed E-state index contributed by atoms with van der Waals surface area (Å²) in [6.45, 7) is 1.56. The van der Waals surface area contributed by atoms with Crippen LogP contribution in [0.2, 0.25) is 0 Å². The second-order valence-electron chi connectivity index (χ2n) is 2.81. The maximum Gasteiger partial charge on any atom is 0.236 e. The molecule has 64 valence electrons. The first-order chi connectivity index (χ1) is 5.24. The molecule has 4 heteroatoms. The van der Waals surface area contributed by atoms with Crippen molar-refractivity contribution in [2.45, 2.75) is 12.5 Å². The summed E-state index contributed by atoms with van der Waals surface area (Å²) >= 11 is 0. The third kappa shape index (κ3) is 2.17. The van der Waals surface area contributed by atoms with Gasteiger partial charge in [-0.1, -0.05) is 0 Å². The Morgan fingerprint density at radius 2 is 2.55 bits per heavy atom. The quantitative estimate of drug-likeness (QED) is 0.530. The van der Waals surface area contributed by atoms with Crippen LogP contribution < -0.4 is 5.32 Å². The van der Waals surface area contributed by atoms with Gasteiger partial charge in [0.15, 0.2) is 0 Å². The average molecular weight is 158 g/mol. The van der Waals surface area contributed by atoms with Crippen LogP contribution in [0.15, 0.2) is 0 Å². The molecule has 0 aromatic heterocycles. The molecule has 1 aliphatic rings. The monoisotopic (exact) mass is 158 g/mol. The van der Waals surface area contributed by atoms with Crippen molar-refractivity contribution in [1.82, 2.24) is 10.2 Å². The lowest BCUT2D eigenvalue weighted by Gasteiger charge is -2.14. The number of aliphatic hydroxyl groups excluding tert-OH is 1. The fraction of sp³-hybridized carbons (Fsp3) is 0.857. The fourth-order valence-electron chi connectivity index (χ4n) is 1.23. The van der Waals surface area contributed by atoms with Crippen molar-refractivity contribution in [3.8, 4) is 0 Å². The topological polar surface area (TPSA) is 52.6 Å². The first-order valence-corrected chi connectivity index (χ1v) is 3.84. The number of nitrogens with zero attached hydrogens (tertiary/aromatic N) is 1. The van der Waals surface area contributed by atoms with E-state index in [1.54, 1.807) is 11.9 Å². The van der Waals surface area contributed by atoms with Crippen LogP contribution in [0.25, 0.3) is 0 Å². The summed E-state index contributed by atoms with van der Waals surface area (Å²) in [7, 11) is 1.74. The Morgan fingerprint density at radius 3 is 3.00 bits per heavy atom. The number of hydrogen-bond donors (Lipinski definition) is 2. The van der Waals surface area contributed by atoms with Crippen LogP contribution in [-0.4, -0.2) is 48.7 Å². The highest BCUT2D eigenvalue weighted by Crippen LogP contribution is 2.07. The van der Waals surface area contributed by atoms with Crippen LogP contribution in [0.3, 0.4) is 0 Å². The number of β-amino-alcohol motifs (C(OH)–C–C–N with tert-alkyl or cyclic N) is 1. The van der Waals surface area contributed by atoms with Crippen LogP contribution in [0.5, 0.6) is 0 Å². The van der Waals surface area contributed by atoms with Crippen molar-refractivity contribution >= 4 is 5.91 Å². The van der Waals surface area contributed by atoms with E-state index in [0.717, 1.165) is 6.42 Å². The Bertz CT molecular complexity index is 149. The van der Waals surface area contributed by atoms with Crippen molar-refractivity contribution < 1.29 is 9.90 Å². The van der Waals surface area contributed by atoms with Gasteiger partial charge in [0.05, 0.1) is 12.6 Å². The summed E-state index contributed by atoms with van der Waals surface area (Å²) in [6.07, 6.45) is 0.408. The SMILES string of the molecule is CNCC(=O)N1CCC(O)C1. The Morgan fingerprint density at radius 1 is 1.82 bits per heavy atom. The van der Waals surface area contributed by atoms with Crippen molar-refractivity contribution in [3.63, 3.8) is 0 Å². The third-order valence-electron chi connectivity index (χ3n) is 1.84. The maximum absolute atomic E-state index is 11.1. The van der Waals surface area contributed by atoms with Crippen molar-refractivity contribution in [1.29, 1.82) is 0 Å². The van der Waals surface area contributed by atoms with E-state index in [1.165, 1.54) is 0 Å². The summed E-state index contributed by atoms with van der Waals surface area (Å²) in [5.74, 6) is 0.0732. The lowest BCUT2D eigenvalue weighted by Crippen LogP contribution is -2.35. The third-order valence-corrected chi connectivity index (χ3v) is 1.84. The van der Waals surface area contributed by atoms with Crippen LogP contribution in [0, 0.1) is 0 Å². The normalized spacial score (nSPS) is 24.2. The molecule has 1 heterocycles. The van der Waals surface area contributed by atoms with Crippen LogP contribution in [0.1, 0.15) is 6.42 Å². The summed E-state index contributed by atoms with van der Waals surface area (Å²) in [6, 6.07) is 0. The van der Waals surface area contributed by atoms with Gasteiger partial charge in [-0.2, -0.15) is 0 Å². The summed E-state index contributed by atoms with van der Waals surface area (Å²) in [5.41, 5.74) is 0. The molecule has 1 amide bonds. The second-order valence-corrected chi connectivity index (χ2v) is 2.81. The molecular weight excluding hydrogens is 144 g/mol. The van der Waals surface area contributed by atoms with Crippen molar-refractivity contribution in [3.05, 3.63) is 0 Å². The van der Waals surface area contributed by atoms with Crippen LogP contribution in [0.4, 0.5) is 0 Å². The molecule has 1 atom stereocenters. The van der Waals surface area contributed by atoms with E-state index in [0.29, 0.717) is 19.6 Å². The molecule has 0 bridgehead atoms. The number of aliphatic hydroxyl groups is 1. The lowest BCUT2D eigenvalue weighted by molar-refractivity contribution is -0.129. The van der Waals surface area contributed by atoms with E-state index in [9.17, 15) is 4.79 Å². The van der Waals surface area contributed by atoms with Gasteiger partial charge in [0.25, 0.3) is 0 Å². The van der Waals surface area contributed by atoms with Gasteiger partial charge < -0.3 is 15.3 Å². The summed E-state index contributed by atoms with van der Waals surface area (Å²) < 4.78 is 0. The Kier molecular flexibility index (Phi) is 2.84. The van der Waals surface area contributed by atoms with Gasteiger partial charge in [-0.3, -0.25) is 4.79 Å². The Hall–Kier alpha value is -0.610. The number of likely N-dealkylation sites (N-methyl/N-ethyl adjacent to an activating group) is 1. The predicted molar refractivity (Wildman–Crippen MR) is 41.1 cm³/mol. The molecule has 2 N–H and O–H groups in total. The smallest absolute Gasteiger partial charge is 0.236 e. The molecule has 0 aliphatic carbocycles. The van der Waals surface area contributed by atoms with E-state index >= 15 is 0 Å². The van der Waals surface area contributed by atoms with Gasteiger partial charge in [0, 0.05) is 13.1 Å². The molecule has 0 spiro atoms. The number of carbonyl (C=O) groups excluding carboxylic acids is 1. The minimum absolute atomic E-state index is 0.0732. The number of nitrogens with one attached hydrogen (secondary N) is 1. The molecule has 0 saturated carbocycles. The molecule has 1 unspecified atom stereocenters. The molecule has 0 aromatic rings. The number of rotatable bonds is 2. The van der Waals surface area contributed by atoms with E-state index in [1.807, 2.05) is 0 Å². The molecule has 1 rings (SSSR count). The molecular formula is C7H14N2O2. The zero-order valence-electron chi connectivity index (χ0n) is 6.71. The fourth-order valence-corrected chi connectivity index (χ4v) is 1.23. The average Bonchev–Trinajstić information content (AvgIpc) is 2.36. The highest BCUT2D eigenvalue weighted by atomic mass is 16.3. The highest BCUT2D eigenvalue weighted by molar-refractivity contribution is 5.78. The Labute approximate surface area is 66.2 Å². The molecule has 0 radical (unpaired) electrons. The van der Waals surface area contributed by atoms with Gasteiger partial charge in [0.2, 0.25) is 5.91 Å². The minimum Gasteiger partial charge on any atom is -0.391 e. The number of likely N-dealkylation sites (tertiary alicyclic amines) is 1. The zero-order valence-corrected chi connectivity index (χ0v) is 6.71. The van der Waals surface area contributed by atoms with E-state index in [-0.39, 0.29) is 12.0 Å². The molecule has 4 nitrogen and oxygen atoms in total. The van der Waals surface area contributed by atoms with Gasteiger partial charge in [-0.25, -0.2) is 0 Å². The van der Waals surface area contributed by atoms with Crippen LogP contribution >= 0.6 is 0 Å². The predicted octanol–water partition coefficient (Wildman–Crippen LogP) is -1.20. The molecule has 0 aromatic carbocycles. The van der Waals surface area contributed by atoms with Gasteiger partial charge in [-0.15, -0.1) is 0 Å². The largest absolute Gasteiger partial charge is 0.391 e. The van der Waals surface area contributed by atoms with E-state index in [4.69, 9.17) is 5.11 Å². The minimum atomic E-state index is -0.309. The Balaban J connectivity index is 2.31. The first kappa shape index (κ1) is 8.49. The number of carbonyl (C=O) groups is 1. The lowest BCUT2D eigenvalue weighted by atomic mass is 10.3. The highest BCUT2D eigenvalue weighted by Gasteiger charge is 2.23. The second kappa shape index (κ2) is 3.69. The molecule has 1 aliphatic heterocycles. The van der Waals surface area contributed by atoms with Gasteiger partial charge in [-0.05, 0) is 13.5 Å². The molecule has 1 saturated heterocycles. The van der Waals surface area contributed by atoms with E-state index in [2.05, 4.69) is 5.32 Å². The molecule has 1 fully saturated rings. The van der Waals surface area contributed by atoms with Crippen LogP contribution in [-0.2, 0) is 4.79 Å². The summed E-state index contributed by atoms with van der Waals surface area (Å²) in [4.78, 5) is 12.8. The van der Waals surface area contributed by atoms with Gasteiger partial charge in [0.1, 0.15) is 0 Å². The standard InChI is InChI=1S/C7H14N2O2/c1-8-4-7(11)9-3-2-6(10)5-9/h6,8,10H,2-5H2,1H3. The first-order valence-electron chi connectivity index (χ1n) is 3.84.